The summed E-state index contributed by atoms with van der Waals surface area (Å²) < 4.78 is 33.8. The van der Waals surface area contributed by atoms with Gasteiger partial charge in [-0.2, -0.15) is 0 Å². The van der Waals surface area contributed by atoms with Crippen molar-refractivity contribution in [2.45, 2.75) is 76.4 Å². The molecule has 3 fully saturated rings. The first-order valence-corrected chi connectivity index (χ1v) is 21.6. The Hall–Kier alpha value is -6.09. The quantitative estimate of drug-likeness (QED) is 0.112. The minimum Gasteiger partial charge on any atom is -0.482 e. The third kappa shape index (κ3) is 7.60. The van der Waals surface area contributed by atoms with Crippen LogP contribution in [-0.4, -0.2) is 81.7 Å². The number of alkyl halides is 1. The highest BCUT2D eigenvalue weighted by Gasteiger charge is 2.75. The Morgan fingerprint density at radius 1 is 0.969 bits per heavy atom. The molecule has 8 rings (SSSR count). The first-order valence-electron chi connectivity index (χ1n) is 21.6. The van der Waals surface area contributed by atoms with Gasteiger partial charge in [0.05, 0.1) is 17.6 Å². The highest BCUT2D eigenvalue weighted by Crippen LogP contribution is 2.70. The zero-order valence-electron chi connectivity index (χ0n) is 35.9. The van der Waals surface area contributed by atoms with Crippen LogP contribution in [0.15, 0.2) is 109 Å². The summed E-state index contributed by atoms with van der Waals surface area (Å²) in [6.45, 7) is 4.05. The fourth-order valence-electron chi connectivity index (χ4n) is 11.1. The Morgan fingerprint density at radius 3 is 2.45 bits per heavy atom. The molecule has 4 aromatic rings. The zero-order chi connectivity index (χ0) is 45.6. The molecule has 4 aliphatic carbocycles. The predicted octanol–water partition coefficient (Wildman–Crippen LogP) is 6.11. The van der Waals surface area contributed by atoms with E-state index in [0.717, 1.165) is 10.8 Å². The van der Waals surface area contributed by atoms with Gasteiger partial charge in [0.2, 0.25) is 11.7 Å². The number of ketones is 2. The molecule has 0 bridgehead atoms. The number of amides is 1. The van der Waals surface area contributed by atoms with Gasteiger partial charge in [-0.05, 0) is 116 Å². The number of nitrogens with two attached hydrogens (primary N) is 1. The van der Waals surface area contributed by atoms with E-state index in [0.29, 0.717) is 41.6 Å². The van der Waals surface area contributed by atoms with Gasteiger partial charge >= 0.3 is 11.9 Å². The van der Waals surface area contributed by atoms with Crippen LogP contribution in [0.25, 0.3) is 10.8 Å². The Kier molecular flexibility index (Phi) is 11.9. The first-order chi connectivity index (χ1) is 30.5. The molecular formula is C50H52FN3O10. The van der Waals surface area contributed by atoms with Crippen LogP contribution in [0, 0.1) is 28.6 Å². The molecule has 4 aliphatic rings. The minimum atomic E-state index is -2.11. The van der Waals surface area contributed by atoms with E-state index in [1.165, 1.54) is 36.4 Å². The van der Waals surface area contributed by atoms with E-state index in [-0.39, 0.29) is 42.6 Å². The maximum atomic E-state index is 17.5. The normalized spacial score (nSPS) is 29.7. The van der Waals surface area contributed by atoms with Crippen LogP contribution in [0.3, 0.4) is 0 Å². The van der Waals surface area contributed by atoms with Gasteiger partial charge in [0.1, 0.15) is 18.0 Å². The number of nitrogens with zero attached hydrogens (tertiary/aromatic N) is 1. The molecule has 0 radical (unpaired) electrons. The van der Waals surface area contributed by atoms with Crippen molar-refractivity contribution < 1.29 is 52.8 Å². The van der Waals surface area contributed by atoms with Crippen molar-refractivity contribution in [2.75, 3.05) is 25.1 Å². The number of allylic oxidation sites excluding steroid dienone is 4. The molecule has 0 saturated heterocycles. The first kappa shape index (κ1) is 44.5. The summed E-state index contributed by atoms with van der Waals surface area (Å²) in [5, 5.41) is 28.7. The van der Waals surface area contributed by atoms with Crippen molar-refractivity contribution in [1.29, 1.82) is 0 Å². The number of carbonyl (C=O) groups is 5. The van der Waals surface area contributed by atoms with Gasteiger partial charge in [-0.15, -0.1) is 0 Å². The Labute approximate surface area is 369 Å². The fraction of sp³-hybridized carbons (Fsp3) is 0.400. The van der Waals surface area contributed by atoms with Crippen molar-refractivity contribution in [2.24, 2.45) is 34.3 Å². The van der Waals surface area contributed by atoms with E-state index in [4.69, 9.17) is 19.9 Å². The molecule has 5 N–H and O–H groups in total. The average Bonchev–Trinajstić information content (AvgIpc) is 3.49. The Bertz CT molecular complexity index is 2560. The van der Waals surface area contributed by atoms with Crippen LogP contribution in [0.2, 0.25) is 0 Å². The standard InChI is InChI=1S/C50H52FN3O10/c1-29-20-41-40-15-11-35-22-37(55)16-18-47(35,2)49(40,51)42(56)23-48(41,3)50(29,61)43(57)27-64-46(60)32-9-13-38(14-10-32)62-28-44(58)63-26-30-4-6-31(7-5-30)39(24-52)45(59)54-36-12-8-34-25-53-19-17-33(34)21-36/h4-10,12-14,16-19,21-22,25,29,39-42,56,61H,11,15,20,23-24,26-28,52H2,1-3H3,(H,54,59)/t29-,39-,40+,41+,42+,47+,48+,49+,50+/m1/s1. The van der Waals surface area contributed by atoms with Crippen molar-refractivity contribution in [3.05, 3.63) is 126 Å². The molecular weight excluding hydrogens is 822 g/mol. The molecule has 0 spiro atoms. The highest BCUT2D eigenvalue weighted by molar-refractivity contribution is 6.01. The number of carbonyl (C=O) groups excluding carboxylic acids is 5. The number of anilines is 1. The molecule has 1 heterocycles. The molecule has 3 aromatic carbocycles. The summed E-state index contributed by atoms with van der Waals surface area (Å²) in [5.74, 6) is -4.77. The van der Waals surface area contributed by atoms with Gasteiger partial charge in [0.15, 0.2) is 24.7 Å². The molecule has 3 saturated carbocycles. The molecule has 13 nitrogen and oxygen atoms in total. The number of fused-ring (bicyclic) bond motifs is 6. The van der Waals surface area contributed by atoms with Gasteiger partial charge in [-0.3, -0.25) is 19.4 Å². The van der Waals surface area contributed by atoms with Crippen molar-refractivity contribution in [1.82, 2.24) is 4.98 Å². The number of ether oxygens (including phenoxy) is 3. The fourth-order valence-corrected chi connectivity index (χ4v) is 11.1. The van der Waals surface area contributed by atoms with E-state index < -0.39 is 82.8 Å². The molecule has 1 amide bonds. The predicted molar refractivity (Wildman–Crippen MR) is 233 cm³/mol. The number of hydrogen-bond donors (Lipinski definition) is 4. The molecule has 0 aliphatic heterocycles. The number of Topliss-reactive ketones (excluding diaryl/α,β-unsaturated/α-hetero) is 1. The number of aliphatic hydroxyl groups excluding tert-OH is 1. The minimum absolute atomic E-state index is 0.0401. The van der Waals surface area contributed by atoms with Crippen LogP contribution >= 0.6 is 0 Å². The second-order valence-corrected chi connectivity index (χ2v) is 18.1. The summed E-state index contributed by atoms with van der Waals surface area (Å²) in [4.78, 5) is 68.9. The van der Waals surface area contributed by atoms with Gasteiger partial charge in [-0.25, -0.2) is 14.0 Å². The third-order valence-corrected chi connectivity index (χ3v) is 14.7. The second-order valence-electron chi connectivity index (χ2n) is 18.1. The van der Waals surface area contributed by atoms with Crippen LogP contribution in [0.4, 0.5) is 10.1 Å². The number of rotatable bonds is 13. The van der Waals surface area contributed by atoms with Gasteiger partial charge in [0.25, 0.3) is 0 Å². The molecule has 334 valence electrons. The zero-order valence-corrected chi connectivity index (χ0v) is 35.9. The topological polar surface area (TPSA) is 204 Å². The number of benzene rings is 3. The summed E-state index contributed by atoms with van der Waals surface area (Å²) in [6, 6.07) is 20.2. The third-order valence-electron chi connectivity index (χ3n) is 14.7. The largest absolute Gasteiger partial charge is 0.482 e. The molecule has 14 heteroatoms. The van der Waals surface area contributed by atoms with E-state index in [1.807, 2.05) is 24.3 Å². The van der Waals surface area contributed by atoms with E-state index in [1.54, 1.807) is 63.5 Å². The Balaban J connectivity index is 0.806. The lowest BCUT2D eigenvalue weighted by Crippen LogP contribution is -2.69. The highest BCUT2D eigenvalue weighted by atomic mass is 19.1. The smallest absolute Gasteiger partial charge is 0.344 e. The van der Waals surface area contributed by atoms with Crippen molar-refractivity contribution in [3.8, 4) is 5.75 Å². The van der Waals surface area contributed by atoms with Crippen molar-refractivity contribution in [3.63, 3.8) is 0 Å². The van der Waals surface area contributed by atoms with Gasteiger partial charge < -0.3 is 35.5 Å². The number of esters is 2. The SMILES string of the molecule is C[C@@H]1C[C@H]2[C@@H]3CCC4=CC(=O)C=C[C@]4(C)[C@@]3(F)[C@@H](O)C[C@]2(C)[C@@]1(O)C(=O)COC(=O)c1ccc(OCC(=O)OCc2ccc([C@@H](CN)C(=O)Nc3ccc4cnccc4c3)cc2)cc1. The average molecular weight is 874 g/mol. The maximum Gasteiger partial charge on any atom is 0.344 e. The maximum absolute atomic E-state index is 17.5. The van der Waals surface area contributed by atoms with Crippen molar-refractivity contribution >= 4 is 45.9 Å². The number of halogens is 1. The van der Waals surface area contributed by atoms with Crippen LogP contribution in [-0.2, 0) is 35.3 Å². The molecule has 1 aromatic heterocycles. The van der Waals surface area contributed by atoms with Gasteiger partial charge in [-0.1, -0.05) is 55.8 Å². The van der Waals surface area contributed by atoms with Crippen LogP contribution < -0.4 is 15.8 Å². The monoisotopic (exact) mass is 873 g/mol. The van der Waals surface area contributed by atoms with Gasteiger partial charge in [0, 0.05) is 46.8 Å². The molecule has 9 atom stereocenters. The van der Waals surface area contributed by atoms with Crippen LogP contribution in [0.1, 0.15) is 73.9 Å². The number of pyridine rings is 1. The molecule has 0 unspecified atom stereocenters. The summed E-state index contributed by atoms with van der Waals surface area (Å²) in [7, 11) is 0. The number of aliphatic hydroxyl groups is 2. The second kappa shape index (κ2) is 17.1. The lowest BCUT2D eigenvalue weighted by Gasteiger charge is -2.62. The summed E-state index contributed by atoms with van der Waals surface area (Å²) >= 11 is 0. The Morgan fingerprint density at radius 2 is 1.72 bits per heavy atom. The van der Waals surface area contributed by atoms with Crippen LogP contribution in [0.5, 0.6) is 5.75 Å². The number of hydrogen-bond acceptors (Lipinski definition) is 12. The molecule has 64 heavy (non-hydrogen) atoms. The summed E-state index contributed by atoms with van der Waals surface area (Å²) in [5.41, 5.74) is 2.22. The van der Waals surface area contributed by atoms with E-state index >= 15 is 4.39 Å². The van der Waals surface area contributed by atoms with E-state index in [9.17, 15) is 34.2 Å². The lowest BCUT2D eigenvalue weighted by atomic mass is 9.44. The summed E-state index contributed by atoms with van der Waals surface area (Å²) in [6.07, 6.45) is 7.22. The van der Waals surface area contributed by atoms with E-state index in [2.05, 4.69) is 10.3 Å². The lowest BCUT2D eigenvalue weighted by molar-refractivity contribution is -0.219. The number of nitrogens with one attached hydrogen (secondary N) is 1. The number of aromatic nitrogens is 1.